The van der Waals surface area contributed by atoms with Gasteiger partial charge >= 0.3 is 10.2 Å². The smallest absolute Gasteiger partial charge is 0.304 e. The highest BCUT2D eigenvalue weighted by Gasteiger charge is 2.36. The number of anilines is 2. The fourth-order valence-electron chi connectivity index (χ4n) is 3.62. The van der Waals surface area contributed by atoms with E-state index < -0.39 is 10.2 Å². The molecule has 1 aliphatic rings. The summed E-state index contributed by atoms with van der Waals surface area (Å²) in [5.41, 5.74) is 8.18. The van der Waals surface area contributed by atoms with Gasteiger partial charge in [-0.3, -0.25) is 4.31 Å². The van der Waals surface area contributed by atoms with Gasteiger partial charge < -0.3 is 15.3 Å². The lowest BCUT2D eigenvalue weighted by atomic mass is 10.1. The summed E-state index contributed by atoms with van der Waals surface area (Å²) in [4.78, 5) is 9.09. The van der Waals surface area contributed by atoms with Crippen LogP contribution in [0.3, 0.4) is 0 Å². The Kier molecular flexibility index (Phi) is 8.90. The molecule has 9 nitrogen and oxygen atoms in total. The van der Waals surface area contributed by atoms with Gasteiger partial charge in [0.25, 0.3) is 0 Å². The van der Waals surface area contributed by atoms with Crippen molar-refractivity contribution in [3.05, 3.63) is 48.2 Å². The molecule has 1 aliphatic heterocycles. The van der Waals surface area contributed by atoms with E-state index in [2.05, 4.69) is 10.1 Å². The summed E-state index contributed by atoms with van der Waals surface area (Å²) in [7, 11) is -3.52. The molecule has 0 atom stereocenters. The van der Waals surface area contributed by atoms with Gasteiger partial charge in [-0.15, -0.1) is 0 Å². The number of unbranched alkanes of at least 4 members (excludes halogenated alkanes) is 2. The van der Waals surface area contributed by atoms with Crippen LogP contribution >= 0.6 is 0 Å². The number of hydrogen-bond acceptors (Lipinski definition) is 7. The first kappa shape index (κ1) is 24.8. The SMILES string of the molecule is CCO/N=C(\CC)c1ccc(OCCCCCN2CCN(c3ccnc(N)c3)S2(=O)=O)cc1. The summed E-state index contributed by atoms with van der Waals surface area (Å²) in [6.07, 6.45) is 4.83. The minimum absolute atomic E-state index is 0.306. The summed E-state index contributed by atoms with van der Waals surface area (Å²) in [6, 6.07) is 11.1. The van der Waals surface area contributed by atoms with Crippen molar-refractivity contribution in [3.8, 4) is 5.75 Å². The Balaban J connectivity index is 1.39. The number of nitrogens with two attached hydrogens (primary N) is 1. The molecule has 0 radical (unpaired) electrons. The average molecular weight is 476 g/mol. The number of benzene rings is 1. The molecule has 10 heteroatoms. The van der Waals surface area contributed by atoms with E-state index >= 15 is 0 Å². The quantitative estimate of drug-likeness (QED) is 0.286. The lowest BCUT2D eigenvalue weighted by Crippen LogP contribution is -2.33. The summed E-state index contributed by atoms with van der Waals surface area (Å²) in [5, 5.41) is 4.14. The van der Waals surface area contributed by atoms with Gasteiger partial charge in [0.05, 0.1) is 18.0 Å². The van der Waals surface area contributed by atoms with Crippen LogP contribution in [-0.4, -0.2) is 56.3 Å². The number of aromatic nitrogens is 1. The number of pyridine rings is 1. The Morgan fingerprint density at radius 1 is 1.12 bits per heavy atom. The number of rotatable bonds is 12. The molecule has 0 bridgehead atoms. The number of hydrogen-bond donors (Lipinski definition) is 1. The van der Waals surface area contributed by atoms with Crippen molar-refractivity contribution in [1.29, 1.82) is 0 Å². The van der Waals surface area contributed by atoms with Gasteiger partial charge in [-0.2, -0.15) is 12.7 Å². The third-order valence-corrected chi connectivity index (χ3v) is 7.32. The predicted octanol–water partition coefficient (Wildman–Crippen LogP) is 3.43. The molecular formula is C23H33N5O4S. The minimum Gasteiger partial charge on any atom is -0.494 e. The predicted molar refractivity (Wildman–Crippen MR) is 131 cm³/mol. The van der Waals surface area contributed by atoms with Crippen LogP contribution in [0.4, 0.5) is 11.5 Å². The normalized spacial score (nSPS) is 16.2. The van der Waals surface area contributed by atoms with Crippen molar-refractivity contribution < 1.29 is 18.0 Å². The van der Waals surface area contributed by atoms with Crippen molar-refractivity contribution in [2.24, 2.45) is 5.16 Å². The van der Waals surface area contributed by atoms with Crippen LogP contribution in [0.1, 0.15) is 45.1 Å². The molecule has 33 heavy (non-hydrogen) atoms. The number of oxime groups is 1. The highest BCUT2D eigenvalue weighted by Crippen LogP contribution is 2.26. The molecule has 1 aromatic heterocycles. The van der Waals surface area contributed by atoms with E-state index in [4.69, 9.17) is 15.3 Å². The van der Waals surface area contributed by atoms with Crippen molar-refractivity contribution in [1.82, 2.24) is 9.29 Å². The first-order chi connectivity index (χ1) is 16.0. The molecule has 2 aromatic rings. The highest BCUT2D eigenvalue weighted by molar-refractivity contribution is 7.90. The van der Waals surface area contributed by atoms with Crippen molar-refractivity contribution in [2.75, 3.05) is 42.9 Å². The maximum atomic E-state index is 12.8. The molecule has 1 fully saturated rings. The molecule has 1 saturated heterocycles. The first-order valence-electron chi connectivity index (χ1n) is 11.4. The van der Waals surface area contributed by atoms with E-state index in [1.54, 1.807) is 12.1 Å². The molecule has 3 rings (SSSR count). The Labute approximate surface area is 196 Å². The van der Waals surface area contributed by atoms with Crippen LogP contribution < -0.4 is 14.8 Å². The molecule has 0 saturated carbocycles. The van der Waals surface area contributed by atoms with Gasteiger partial charge in [0.1, 0.15) is 18.2 Å². The topological polar surface area (TPSA) is 110 Å². The molecule has 0 aliphatic carbocycles. The standard InChI is InChI=1S/C23H33N5O4S/c1-3-22(26-32-4-2)19-8-10-21(11-9-19)31-17-7-5-6-14-27-15-16-28(33(27,29)30)20-12-13-25-23(24)18-20/h8-13,18H,3-7,14-17H2,1-2H3,(H2,24,25)/b26-22+. The number of ether oxygens (including phenoxy) is 1. The molecule has 180 valence electrons. The van der Waals surface area contributed by atoms with Gasteiger partial charge in [-0.1, -0.05) is 12.1 Å². The second-order valence-electron chi connectivity index (χ2n) is 7.66. The number of nitrogens with zero attached hydrogens (tertiary/aromatic N) is 4. The Bertz CT molecular complexity index is 1030. The van der Waals surface area contributed by atoms with E-state index in [1.807, 2.05) is 38.1 Å². The largest absolute Gasteiger partial charge is 0.494 e. The summed E-state index contributed by atoms with van der Waals surface area (Å²) < 4.78 is 34.4. The first-order valence-corrected chi connectivity index (χ1v) is 12.8. The van der Waals surface area contributed by atoms with Crippen LogP contribution in [0.2, 0.25) is 0 Å². The van der Waals surface area contributed by atoms with E-state index in [9.17, 15) is 8.42 Å². The Morgan fingerprint density at radius 2 is 1.91 bits per heavy atom. The lowest BCUT2D eigenvalue weighted by Gasteiger charge is -2.20. The second kappa shape index (κ2) is 11.9. The fourth-order valence-corrected chi connectivity index (χ4v) is 5.26. The van der Waals surface area contributed by atoms with Crippen LogP contribution in [0.25, 0.3) is 0 Å². The van der Waals surface area contributed by atoms with Gasteiger partial charge in [-0.05, 0) is 68.5 Å². The molecule has 1 aromatic carbocycles. The molecule has 2 heterocycles. The molecule has 0 unspecified atom stereocenters. The van der Waals surface area contributed by atoms with Crippen molar-refractivity contribution in [2.45, 2.75) is 39.5 Å². The van der Waals surface area contributed by atoms with Crippen LogP contribution in [0.5, 0.6) is 5.75 Å². The van der Waals surface area contributed by atoms with Crippen molar-refractivity contribution in [3.63, 3.8) is 0 Å². The third kappa shape index (κ3) is 6.58. The monoisotopic (exact) mass is 475 g/mol. The molecular weight excluding hydrogens is 442 g/mol. The number of nitrogen functional groups attached to an aromatic ring is 1. The third-order valence-electron chi connectivity index (χ3n) is 5.36. The maximum Gasteiger partial charge on any atom is 0.304 e. The summed E-state index contributed by atoms with van der Waals surface area (Å²) in [5.74, 6) is 1.11. The molecule has 0 amide bonds. The van der Waals surface area contributed by atoms with Gasteiger partial charge in [0.15, 0.2) is 0 Å². The van der Waals surface area contributed by atoms with E-state index in [0.717, 1.165) is 42.7 Å². The maximum absolute atomic E-state index is 12.8. The van der Waals surface area contributed by atoms with Gasteiger partial charge in [0.2, 0.25) is 0 Å². The van der Waals surface area contributed by atoms with Crippen LogP contribution in [0.15, 0.2) is 47.8 Å². The van der Waals surface area contributed by atoms with Crippen LogP contribution in [-0.2, 0) is 15.0 Å². The van der Waals surface area contributed by atoms with E-state index in [1.165, 1.54) is 14.8 Å². The highest BCUT2D eigenvalue weighted by atomic mass is 32.2. The zero-order chi connectivity index (χ0) is 23.7. The molecule has 0 spiro atoms. The zero-order valence-electron chi connectivity index (χ0n) is 19.3. The Morgan fingerprint density at radius 3 is 2.61 bits per heavy atom. The lowest BCUT2D eigenvalue weighted by molar-refractivity contribution is 0.158. The van der Waals surface area contributed by atoms with E-state index in [0.29, 0.717) is 44.4 Å². The van der Waals surface area contributed by atoms with Crippen LogP contribution in [0, 0.1) is 0 Å². The minimum atomic E-state index is -3.52. The van der Waals surface area contributed by atoms with Gasteiger partial charge in [-0.25, -0.2) is 4.98 Å². The van der Waals surface area contributed by atoms with Crippen molar-refractivity contribution >= 4 is 27.4 Å². The molecule has 2 N–H and O–H groups in total. The van der Waals surface area contributed by atoms with E-state index in [-0.39, 0.29) is 0 Å². The van der Waals surface area contributed by atoms with Gasteiger partial charge in [0, 0.05) is 31.9 Å². The fraction of sp³-hybridized carbons (Fsp3) is 0.478. The second-order valence-corrected chi connectivity index (χ2v) is 9.51. The summed E-state index contributed by atoms with van der Waals surface area (Å²) >= 11 is 0. The Hall–Kier alpha value is -2.85. The zero-order valence-corrected chi connectivity index (χ0v) is 20.1. The summed E-state index contributed by atoms with van der Waals surface area (Å²) in [6.45, 7) is 6.47. The average Bonchev–Trinajstić information content (AvgIpc) is 3.11.